The first-order valence-electron chi connectivity index (χ1n) is 5.46. The zero-order chi connectivity index (χ0) is 12.4. The Balaban J connectivity index is 2.40. The van der Waals surface area contributed by atoms with Crippen LogP contribution < -0.4 is 11.0 Å². The predicted molar refractivity (Wildman–Crippen MR) is 68.8 cm³/mol. The SMILES string of the molecule is Cc1cc(C)c(Nc2ccnc(=O)[nH]2)c(C)c1. The number of anilines is 2. The molecule has 0 fully saturated rings. The molecule has 0 amide bonds. The van der Waals surface area contributed by atoms with Crippen molar-refractivity contribution in [1.82, 2.24) is 9.97 Å². The number of rotatable bonds is 2. The second-order valence-electron chi connectivity index (χ2n) is 4.19. The molecule has 2 aromatic rings. The van der Waals surface area contributed by atoms with Gasteiger partial charge in [0, 0.05) is 11.9 Å². The Bertz CT molecular complexity index is 579. The summed E-state index contributed by atoms with van der Waals surface area (Å²) in [5.74, 6) is 0.653. The van der Waals surface area contributed by atoms with Crippen LogP contribution in [0.1, 0.15) is 16.7 Å². The third-order valence-electron chi connectivity index (χ3n) is 2.61. The molecule has 88 valence electrons. The van der Waals surface area contributed by atoms with Crippen LogP contribution in [0.4, 0.5) is 11.5 Å². The van der Waals surface area contributed by atoms with Gasteiger partial charge in [0.1, 0.15) is 5.82 Å². The zero-order valence-electron chi connectivity index (χ0n) is 10.2. The minimum atomic E-state index is -0.350. The molecule has 0 unspecified atom stereocenters. The van der Waals surface area contributed by atoms with E-state index in [2.05, 4.69) is 34.3 Å². The van der Waals surface area contributed by atoms with Gasteiger partial charge in [-0.05, 0) is 38.0 Å². The zero-order valence-corrected chi connectivity index (χ0v) is 10.2. The molecule has 0 aliphatic carbocycles. The number of benzene rings is 1. The second-order valence-corrected chi connectivity index (χ2v) is 4.19. The van der Waals surface area contributed by atoms with Gasteiger partial charge in [-0.2, -0.15) is 0 Å². The Hall–Kier alpha value is -2.10. The lowest BCUT2D eigenvalue weighted by atomic mass is 10.1. The average Bonchev–Trinajstić information content (AvgIpc) is 2.23. The minimum absolute atomic E-state index is 0.350. The third kappa shape index (κ3) is 2.53. The quantitative estimate of drug-likeness (QED) is 0.831. The first-order valence-corrected chi connectivity index (χ1v) is 5.46. The first kappa shape index (κ1) is 11.4. The molecule has 2 N–H and O–H groups in total. The van der Waals surface area contributed by atoms with Crippen molar-refractivity contribution >= 4 is 11.5 Å². The van der Waals surface area contributed by atoms with Crippen molar-refractivity contribution in [2.75, 3.05) is 5.32 Å². The Morgan fingerprint density at radius 3 is 2.41 bits per heavy atom. The summed E-state index contributed by atoms with van der Waals surface area (Å²) in [7, 11) is 0. The van der Waals surface area contributed by atoms with Gasteiger partial charge in [-0.15, -0.1) is 0 Å². The second kappa shape index (κ2) is 4.41. The molecule has 0 spiro atoms. The number of aromatic amines is 1. The number of hydrogen-bond donors (Lipinski definition) is 2. The van der Waals surface area contributed by atoms with Gasteiger partial charge in [0.2, 0.25) is 0 Å². The van der Waals surface area contributed by atoms with Crippen LogP contribution in [-0.4, -0.2) is 9.97 Å². The van der Waals surface area contributed by atoms with Gasteiger partial charge in [-0.3, -0.25) is 4.98 Å². The topological polar surface area (TPSA) is 57.8 Å². The van der Waals surface area contributed by atoms with Crippen LogP contribution in [0.3, 0.4) is 0 Å². The number of nitrogens with zero attached hydrogens (tertiary/aromatic N) is 1. The average molecular weight is 229 g/mol. The molecule has 0 aliphatic rings. The maximum Gasteiger partial charge on any atom is 0.346 e. The fourth-order valence-electron chi connectivity index (χ4n) is 1.95. The van der Waals surface area contributed by atoms with Crippen molar-refractivity contribution in [3.63, 3.8) is 0 Å². The Labute approximate surface area is 99.7 Å². The normalized spacial score (nSPS) is 10.3. The van der Waals surface area contributed by atoms with E-state index in [1.54, 1.807) is 6.07 Å². The van der Waals surface area contributed by atoms with E-state index in [0.717, 1.165) is 16.8 Å². The summed E-state index contributed by atoms with van der Waals surface area (Å²) in [6.45, 7) is 6.15. The van der Waals surface area contributed by atoms with Crippen molar-refractivity contribution < 1.29 is 0 Å². The molecule has 0 bridgehead atoms. The molecule has 2 rings (SSSR count). The first-order chi connectivity index (χ1) is 8.06. The highest BCUT2D eigenvalue weighted by Crippen LogP contribution is 2.24. The van der Waals surface area contributed by atoms with E-state index in [9.17, 15) is 4.79 Å². The lowest BCUT2D eigenvalue weighted by Crippen LogP contribution is -2.11. The lowest BCUT2D eigenvalue weighted by molar-refractivity contribution is 1.08. The molecule has 1 aromatic carbocycles. The summed E-state index contributed by atoms with van der Waals surface area (Å²) >= 11 is 0. The van der Waals surface area contributed by atoms with Gasteiger partial charge in [0.05, 0.1) is 0 Å². The number of aromatic nitrogens is 2. The van der Waals surface area contributed by atoms with Gasteiger partial charge >= 0.3 is 5.69 Å². The lowest BCUT2D eigenvalue weighted by Gasteiger charge is -2.13. The monoisotopic (exact) mass is 229 g/mol. The molecule has 0 aliphatic heterocycles. The van der Waals surface area contributed by atoms with Crippen LogP contribution in [0.25, 0.3) is 0 Å². The largest absolute Gasteiger partial charge is 0.346 e. The van der Waals surface area contributed by atoms with Crippen molar-refractivity contribution in [1.29, 1.82) is 0 Å². The molecule has 0 atom stereocenters. The fraction of sp³-hybridized carbons (Fsp3) is 0.231. The van der Waals surface area contributed by atoms with E-state index in [-0.39, 0.29) is 5.69 Å². The van der Waals surface area contributed by atoms with Crippen LogP contribution in [0, 0.1) is 20.8 Å². The van der Waals surface area contributed by atoms with E-state index >= 15 is 0 Å². The van der Waals surface area contributed by atoms with Crippen molar-refractivity contribution in [3.05, 3.63) is 51.6 Å². The summed E-state index contributed by atoms with van der Waals surface area (Å²) in [6, 6.07) is 5.95. The summed E-state index contributed by atoms with van der Waals surface area (Å²) in [5, 5.41) is 3.21. The summed E-state index contributed by atoms with van der Waals surface area (Å²) < 4.78 is 0. The van der Waals surface area contributed by atoms with Gasteiger partial charge in [0.25, 0.3) is 0 Å². The summed E-state index contributed by atoms with van der Waals surface area (Å²) in [5.41, 5.74) is 4.21. The molecule has 0 saturated carbocycles. The Morgan fingerprint density at radius 2 is 1.82 bits per heavy atom. The van der Waals surface area contributed by atoms with Gasteiger partial charge in [0.15, 0.2) is 0 Å². The van der Waals surface area contributed by atoms with Crippen LogP contribution >= 0.6 is 0 Å². The molecule has 17 heavy (non-hydrogen) atoms. The smallest absolute Gasteiger partial charge is 0.341 e. The van der Waals surface area contributed by atoms with Crippen molar-refractivity contribution in [3.8, 4) is 0 Å². The number of nitrogens with one attached hydrogen (secondary N) is 2. The highest BCUT2D eigenvalue weighted by atomic mass is 16.1. The maximum absolute atomic E-state index is 11.1. The number of aryl methyl sites for hydroxylation is 3. The van der Waals surface area contributed by atoms with Crippen molar-refractivity contribution in [2.24, 2.45) is 0 Å². The molecule has 0 saturated heterocycles. The molecule has 4 nitrogen and oxygen atoms in total. The van der Waals surface area contributed by atoms with E-state index in [0.29, 0.717) is 5.82 Å². The maximum atomic E-state index is 11.1. The van der Waals surface area contributed by atoms with E-state index in [1.807, 2.05) is 13.8 Å². The van der Waals surface area contributed by atoms with E-state index < -0.39 is 0 Å². The van der Waals surface area contributed by atoms with E-state index in [1.165, 1.54) is 11.8 Å². The van der Waals surface area contributed by atoms with E-state index in [4.69, 9.17) is 0 Å². The molecular weight excluding hydrogens is 214 g/mol. The molecule has 0 radical (unpaired) electrons. The standard InChI is InChI=1S/C13H15N3O/c1-8-6-9(2)12(10(3)7-8)15-11-4-5-14-13(17)16-11/h4-7H,1-3H3,(H2,14,15,16,17). The predicted octanol–water partition coefficient (Wildman–Crippen LogP) is 2.44. The minimum Gasteiger partial charge on any atom is -0.341 e. The Morgan fingerprint density at radius 1 is 1.18 bits per heavy atom. The van der Waals surface area contributed by atoms with Gasteiger partial charge in [-0.1, -0.05) is 17.7 Å². The van der Waals surface area contributed by atoms with Gasteiger partial charge in [-0.25, -0.2) is 9.78 Å². The number of H-pyrrole nitrogens is 1. The molecule has 4 heteroatoms. The highest BCUT2D eigenvalue weighted by Gasteiger charge is 2.04. The fourth-order valence-corrected chi connectivity index (χ4v) is 1.95. The summed E-state index contributed by atoms with van der Waals surface area (Å²) in [4.78, 5) is 17.3. The number of hydrogen-bond acceptors (Lipinski definition) is 3. The van der Waals surface area contributed by atoms with Gasteiger partial charge < -0.3 is 5.32 Å². The van der Waals surface area contributed by atoms with Crippen LogP contribution in [0.2, 0.25) is 0 Å². The van der Waals surface area contributed by atoms with Crippen LogP contribution in [0.15, 0.2) is 29.2 Å². The third-order valence-corrected chi connectivity index (χ3v) is 2.61. The highest BCUT2D eigenvalue weighted by molar-refractivity contribution is 5.64. The molecular formula is C13H15N3O. The molecule has 1 aromatic heterocycles. The molecule has 1 heterocycles. The van der Waals surface area contributed by atoms with Crippen molar-refractivity contribution in [2.45, 2.75) is 20.8 Å². The van der Waals surface area contributed by atoms with Crippen LogP contribution in [-0.2, 0) is 0 Å². The summed E-state index contributed by atoms with van der Waals surface area (Å²) in [6.07, 6.45) is 1.49. The Kier molecular flexibility index (Phi) is 2.95. The van der Waals surface area contributed by atoms with Crippen LogP contribution in [0.5, 0.6) is 0 Å².